The second-order valence-corrected chi connectivity index (χ2v) is 6.72. The van der Waals surface area contributed by atoms with Crippen LogP contribution in [0.5, 0.6) is 0 Å². The number of hydrogen-bond acceptors (Lipinski definition) is 4. The maximum absolute atomic E-state index is 14.3. The molecule has 0 unspecified atom stereocenters. The number of nitrogens with one attached hydrogen (secondary N) is 3. The molecule has 3 N–H and O–H groups in total. The Bertz CT molecular complexity index is 1320. The van der Waals surface area contributed by atoms with E-state index in [0.717, 1.165) is 0 Å². The second-order valence-electron chi connectivity index (χ2n) is 5.88. The number of fused-ring (bicyclic) bond motifs is 1. The molecule has 3 aromatic heterocycles. The molecule has 0 spiro atoms. The van der Waals surface area contributed by atoms with Crippen molar-refractivity contribution in [1.29, 1.82) is 5.26 Å². The fourth-order valence-corrected chi connectivity index (χ4v) is 3.31. The molecule has 0 saturated carbocycles. The number of rotatable bonds is 3. The summed E-state index contributed by atoms with van der Waals surface area (Å²) in [7, 11) is 0. The van der Waals surface area contributed by atoms with E-state index in [-0.39, 0.29) is 27.5 Å². The molecule has 0 amide bonds. The van der Waals surface area contributed by atoms with E-state index in [1.807, 2.05) is 6.07 Å². The van der Waals surface area contributed by atoms with Gasteiger partial charge in [0.2, 0.25) is 0 Å². The van der Waals surface area contributed by atoms with Crippen LogP contribution in [0.2, 0.25) is 10.0 Å². The van der Waals surface area contributed by atoms with Crippen molar-refractivity contribution in [2.75, 3.05) is 5.32 Å². The molecule has 0 aliphatic rings. The third-order valence-electron chi connectivity index (χ3n) is 4.17. The molecule has 4 aromatic rings. The van der Waals surface area contributed by atoms with Crippen LogP contribution in [0.25, 0.3) is 22.2 Å². The maximum Gasteiger partial charge on any atom is 0.257 e. The van der Waals surface area contributed by atoms with Crippen LogP contribution in [0.15, 0.2) is 47.5 Å². The minimum absolute atomic E-state index is 0.00666. The first kappa shape index (κ1) is 18.0. The smallest absolute Gasteiger partial charge is 0.257 e. The molecule has 6 nitrogen and oxygen atoms in total. The van der Waals surface area contributed by atoms with E-state index >= 15 is 0 Å². The fraction of sp³-hybridized carbons (Fsp3) is 0. The van der Waals surface area contributed by atoms with Gasteiger partial charge in [0.05, 0.1) is 27.3 Å². The fourth-order valence-electron chi connectivity index (χ4n) is 2.89. The highest BCUT2D eigenvalue weighted by Crippen LogP contribution is 2.33. The summed E-state index contributed by atoms with van der Waals surface area (Å²) in [6.45, 7) is 0. The van der Waals surface area contributed by atoms with Crippen molar-refractivity contribution in [2.24, 2.45) is 0 Å². The number of halogens is 3. The Labute approximate surface area is 167 Å². The van der Waals surface area contributed by atoms with Crippen LogP contribution in [0.3, 0.4) is 0 Å². The average molecular weight is 414 g/mol. The van der Waals surface area contributed by atoms with Crippen molar-refractivity contribution in [3.8, 4) is 17.2 Å². The maximum atomic E-state index is 14.3. The Morgan fingerprint density at radius 3 is 2.75 bits per heavy atom. The predicted octanol–water partition coefficient (Wildman–Crippen LogP) is 4.98. The van der Waals surface area contributed by atoms with Crippen molar-refractivity contribution in [3.05, 3.63) is 74.6 Å². The standard InChI is InChI=1S/C19H10Cl2FN5O/c20-9-1-2-13(22)10(5-9)11-6-15(16(7-23)27-19(11)28)26-14-3-4-24-18-17(14)12(21)8-25-18/h1-6,8H,(H,27,28)(H2,24,25,26). The Hall–Kier alpha value is -3.34. The van der Waals surface area contributed by atoms with Crippen LogP contribution in [0.4, 0.5) is 15.8 Å². The summed E-state index contributed by atoms with van der Waals surface area (Å²) >= 11 is 12.2. The topological polar surface area (TPSA) is 97.4 Å². The van der Waals surface area contributed by atoms with Gasteiger partial charge in [-0.25, -0.2) is 9.37 Å². The van der Waals surface area contributed by atoms with Gasteiger partial charge in [0.15, 0.2) is 0 Å². The molecule has 0 atom stereocenters. The van der Waals surface area contributed by atoms with E-state index in [0.29, 0.717) is 21.7 Å². The number of pyridine rings is 2. The number of aromatic nitrogens is 3. The van der Waals surface area contributed by atoms with Crippen molar-refractivity contribution < 1.29 is 4.39 Å². The minimum atomic E-state index is -0.609. The molecule has 0 aliphatic carbocycles. The predicted molar refractivity (Wildman–Crippen MR) is 107 cm³/mol. The molecule has 4 rings (SSSR count). The molecule has 0 fully saturated rings. The Kier molecular flexibility index (Phi) is 4.51. The molecule has 28 heavy (non-hydrogen) atoms. The van der Waals surface area contributed by atoms with Gasteiger partial charge in [-0.1, -0.05) is 23.2 Å². The molecule has 0 saturated heterocycles. The van der Waals surface area contributed by atoms with Crippen molar-refractivity contribution in [3.63, 3.8) is 0 Å². The van der Waals surface area contributed by atoms with Gasteiger partial charge in [0, 0.05) is 23.0 Å². The second kappa shape index (κ2) is 7.00. The van der Waals surface area contributed by atoms with Crippen LogP contribution in [-0.2, 0) is 0 Å². The summed E-state index contributed by atoms with van der Waals surface area (Å²) in [5.74, 6) is -0.606. The van der Waals surface area contributed by atoms with E-state index in [1.165, 1.54) is 24.3 Å². The van der Waals surface area contributed by atoms with Gasteiger partial charge in [-0.3, -0.25) is 4.79 Å². The lowest BCUT2D eigenvalue weighted by molar-refractivity contribution is 0.631. The van der Waals surface area contributed by atoms with Crippen LogP contribution in [0, 0.1) is 17.1 Å². The number of benzene rings is 1. The zero-order valence-corrected chi connectivity index (χ0v) is 15.5. The number of anilines is 2. The van der Waals surface area contributed by atoms with E-state index in [1.54, 1.807) is 18.5 Å². The average Bonchev–Trinajstić information content (AvgIpc) is 3.07. The molecular weight excluding hydrogens is 404 g/mol. The molecule has 138 valence electrons. The van der Waals surface area contributed by atoms with Crippen LogP contribution < -0.4 is 10.9 Å². The summed E-state index contributed by atoms with van der Waals surface area (Å²) < 4.78 is 14.3. The Balaban J connectivity index is 1.89. The SMILES string of the molecule is N#Cc1[nH]c(=O)c(-c2cc(Cl)ccc2F)cc1Nc1ccnc2[nH]cc(Cl)c12. The quantitative estimate of drug-likeness (QED) is 0.441. The molecule has 3 heterocycles. The summed E-state index contributed by atoms with van der Waals surface area (Å²) in [5, 5.41) is 13.8. The van der Waals surface area contributed by atoms with Crippen molar-refractivity contribution >= 4 is 45.6 Å². The largest absolute Gasteiger partial charge is 0.353 e. The first-order valence-corrected chi connectivity index (χ1v) is 8.75. The molecule has 9 heteroatoms. The van der Waals surface area contributed by atoms with Gasteiger partial charge in [-0.05, 0) is 30.3 Å². The third kappa shape index (κ3) is 3.09. The van der Waals surface area contributed by atoms with Crippen molar-refractivity contribution in [2.45, 2.75) is 0 Å². The van der Waals surface area contributed by atoms with Gasteiger partial charge in [-0.15, -0.1) is 0 Å². The third-order valence-corrected chi connectivity index (χ3v) is 4.70. The number of aromatic amines is 2. The summed E-state index contributed by atoms with van der Waals surface area (Å²) in [6, 6.07) is 8.91. The van der Waals surface area contributed by atoms with Gasteiger partial charge >= 0.3 is 0 Å². The lowest BCUT2D eigenvalue weighted by Gasteiger charge is -2.12. The zero-order valence-electron chi connectivity index (χ0n) is 14.0. The summed E-state index contributed by atoms with van der Waals surface area (Å²) in [4.78, 5) is 22.0. The number of nitriles is 1. The lowest BCUT2D eigenvalue weighted by atomic mass is 10.1. The lowest BCUT2D eigenvalue weighted by Crippen LogP contribution is -2.13. The van der Waals surface area contributed by atoms with Gasteiger partial charge in [-0.2, -0.15) is 5.26 Å². The minimum Gasteiger partial charge on any atom is -0.353 e. The Morgan fingerprint density at radius 2 is 1.96 bits per heavy atom. The number of H-pyrrole nitrogens is 2. The van der Waals surface area contributed by atoms with E-state index < -0.39 is 11.4 Å². The normalized spacial score (nSPS) is 10.8. The first-order chi connectivity index (χ1) is 13.5. The molecule has 0 aliphatic heterocycles. The van der Waals surface area contributed by atoms with Gasteiger partial charge in [0.25, 0.3) is 5.56 Å². The number of hydrogen-bond donors (Lipinski definition) is 3. The zero-order chi connectivity index (χ0) is 19.8. The summed E-state index contributed by atoms with van der Waals surface area (Å²) in [5.41, 5.74) is 0.848. The van der Waals surface area contributed by atoms with Gasteiger partial charge < -0.3 is 15.3 Å². The van der Waals surface area contributed by atoms with Crippen LogP contribution >= 0.6 is 23.2 Å². The summed E-state index contributed by atoms with van der Waals surface area (Å²) in [6.07, 6.45) is 3.15. The molecular formula is C19H10Cl2FN5O. The molecule has 0 bridgehead atoms. The highest BCUT2D eigenvalue weighted by Gasteiger charge is 2.16. The highest BCUT2D eigenvalue weighted by molar-refractivity contribution is 6.36. The highest BCUT2D eigenvalue weighted by atomic mass is 35.5. The van der Waals surface area contributed by atoms with Crippen LogP contribution in [-0.4, -0.2) is 15.0 Å². The Morgan fingerprint density at radius 1 is 1.14 bits per heavy atom. The molecule has 1 aromatic carbocycles. The van der Waals surface area contributed by atoms with E-state index in [9.17, 15) is 14.4 Å². The van der Waals surface area contributed by atoms with Gasteiger partial charge in [0.1, 0.15) is 23.2 Å². The van der Waals surface area contributed by atoms with Crippen LogP contribution in [0.1, 0.15) is 5.69 Å². The number of nitrogens with zero attached hydrogens (tertiary/aromatic N) is 2. The first-order valence-electron chi connectivity index (χ1n) is 7.99. The monoisotopic (exact) mass is 413 g/mol. The van der Waals surface area contributed by atoms with E-state index in [4.69, 9.17) is 23.2 Å². The molecule has 0 radical (unpaired) electrons. The van der Waals surface area contributed by atoms with E-state index in [2.05, 4.69) is 20.3 Å². The van der Waals surface area contributed by atoms with Crippen molar-refractivity contribution in [1.82, 2.24) is 15.0 Å².